The molecule has 110 valence electrons. The first-order chi connectivity index (χ1) is 9.99. The Hall–Kier alpha value is -2.61. The van der Waals surface area contributed by atoms with Gasteiger partial charge < -0.3 is 15.8 Å². The van der Waals surface area contributed by atoms with Gasteiger partial charge in [-0.1, -0.05) is 11.6 Å². The zero-order valence-electron chi connectivity index (χ0n) is 11.0. The third kappa shape index (κ3) is 3.69. The molecule has 0 amide bonds. The summed E-state index contributed by atoms with van der Waals surface area (Å²) in [6.45, 7) is 2.52. The summed E-state index contributed by atoms with van der Waals surface area (Å²) in [6, 6.07) is 5.49. The Morgan fingerprint density at radius 3 is 2.86 bits per heavy atom. The molecule has 0 aliphatic carbocycles. The average Bonchev–Trinajstić information content (AvgIpc) is 2.38. The average molecular weight is 310 g/mol. The number of halogens is 1. The SMILES string of the molecule is CCNc1cc(Oc2cc(Cl)ccc2[N+](=O)[O-])nc(N)n1. The molecule has 1 heterocycles. The highest BCUT2D eigenvalue weighted by Gasteiger charge is 2.17. The van der Waals surface area contributed by atoms with Crippen molar-refractivity contribution >= 4 is 29.1 Å². The van der Waals surface area contributed by atoms with Gasteiger partial charge in [0.15, 0.2) is 0 Å². The van der Waals surface area contributed by atoms with Crippen molar-refractivity contribution in [3.05, 3.63) is 39.4 Å². The summed E-state index contributed by atoms with van der Waals surface area (Å²) in [5.74, 6) is 0.523. The quantitative estimate of drug-likeness (QED) is 0.644. The lowest BCUT2D eigenvalue weighted by Crippen LogP contribution is -2.04. The highest BCUT2D eigenvalue weighted by atomic mass is 35.5. The van der Waals surface area contributed by atoms with E-state index in [1.807, 2.05) is 6.92 Å². The molecule has 0 saturated carbocycles. The largest absolute Gasteiger partial charge is 0.431 e. The van der Waals surface area contributed by atoms with Gasteiger partial charge in [0.2, 0.25) is 17.6 Å². The molecule has 0 bridgehead atoms. The molecule has 0 unspecified atom stereocenters. The van der Waals surface area contributed by atoms with E-state index in [1.54, 1.807) is 0 Å². The lowest BCUT2D eigenvalue weighted by Gasteiger charge is -2.08. The van der Waals surface area contributed by atoms with E-state index >= 15 is 0 Å². The van der Waals surface area contributed by atoms with Crippen LogP contribution >= 0.6 is 11.6 Å². The van der Waals surface area contributed by atoms with E-state index in [0.29, 0.717) is 17.4 Å². The number of nitrogens with two attached hydrogens (primary N) is 1. The van der Waals surface area contributed by atoms with Crippen LogP contribution in [0.2, 0.25) is 5.02 Å². The molecule has 2 aromatic rings. The molecule has 0 radical (unpaired) electrons. The third-order valence-corrected chi connectivity index (χ3v) is 2.65. The van der Waals surface area contributed by atoms with E-state index in [2.05, 4.69) is 15.3 Å². The van der Waals surface area contributed by atoms with Crippen LogP contribution in [0.25, 0.3) is 0 Å². The Bertz CT molecular complexity index is 680. The van der Waals surface area contributed by atoms with Crippen LogP contribution in [0.15, 0.2) is 24.3 Å². The number of benzene rings is 1. The summed E-state index contributed by atoms with van der Waals surface area (Å²) in [5, 5.41) is 14.2. The second-order valence-corrected chi connectivity index (χ2v) is 4.39. The number of nitrogen functional groups attached to an aromatic ring is 1. The molecule has 21 heavy (non-hydrogen) atoms. The minimum atomic E-state index is -0.568. The number of ether oxygens (including phenoxy) is 1. The number of nitro benzene ring substituents is 1. The van der Waals surface area contributed by atoms with Crippen molar-refractivity contribution in [1.82, 2.24) is 9.97 Å². The molecule has 2 rings (SSSR count). The first kappa shape index (κ1) is 14.8. The summed E-state index contributed by atoms with van der Waals surface area (Å²) in [7, 11) is 0. The molecule has 0 saturated heterocycles. The number of nitrogens with zero attached hydrogens (tertiary/aromatic N) is 3. The molecular weight excluding hydrogens is 298 g/mol. The maximum atomic E-state index is 11.0. The summed E-state index contributed by atoms with van der Waals surface area (Å²) in [5.41, 5.74) is 5.35. The molecule has 3 N–H and O–H groups in total. The van der Waals surface area contributed by atoms with Gasteiger partial charge in [-0.3, -0.25) is 10.1 Å². The van der Waals surface area contributed by atoms with Gasteiger partial charge in [-0.15, -0.1) is 0 Å². The predicted molar refractivity (Wildman–Crippen MR) is 78.8 cm³/mol. The smallest absolute Gasteiger partial charge is 0.311 e. The molecule has 0 atom stereocenters. The Morgan fingerprint density at radius 2 is 2.19 bits per heavy atom. The molecule has 1 aromatic carbocycles. The van der Waals surface area contributed by atoms with E-state index in [9.17, 15) is 10.1 Å². The third-order valence-electron chi connectivity index (χ3n) is 2.41. The van der Waals surface area contributed by atoms with Crippen LogP contribution in [-0.4, -0.2) is 21.4 Å². The van der Waals surface area contributed by atoms with Crippen LogP contribution in [0.4, 0.5) is 17.5 Å². The minimum absolute atomic E-state index is 0.00636. The van der Waals surface area contributed by atoms with E-state index in [1.165, 1.54) is 24.3 Å². The number of anilines is 2. The molecule has 1 aromatic heterocycles. The fourth-order valence-electron chi connectivity index (χ4n) is 1.60. The van der Waals surface area contributed by atoms with Crippen molar-refractivity contribution in [3.8, 4) is 11.6 Å². The van der Waals surface area contributed by atoms with Gasteiger partial charge in [0.05, 0.1) is 4.92 Å². The Labute approximate surface area is 125 Å². The predicted octanol–water partition coefficient (Wildman–Crippen LogP) is 2.84. The lowest BCUT2D eigenvalue weighted by atomic mass is 10.3. The van der Waals surface area contributed by atoms with Crippen LogP contribution in [-0.2, 0) is 0 Å². The fourth-order valence-corrected chi connectivity index (χ4v) is 1.76. The number of hydrogen-bond donors (Lipinski definition) is 2. The molecular formula is C12H12ClN5O3. The van der Waals surface area contributed by atoms with Gasteiger partial charge >= 0.3 is 5.69 Å². The number of aromatic nitrogens is 2. The number of rotatable bonds is 5. The summed E-state index contributed by atoms with van der Waals surface area (Å²) < 4.78 is 5.42. The van der Waals surface area contributed by atoms with Gasteiger partial charge in [-0.05, 0) is 13.0 Å². The van der Waals surface area contributed by atoms with Gasteiger partial charge in [0.1, 0.15) is 5.82 Å². The van der Waals surface area contributed by atoms with Gasteiger partial charge in [-0.25, -0.2) is 0 Å². The first-order valence-corrected chi connectivity index (χ1v) is 6.37. The lowest BCUT2D eigenvalue weighted by molar-refractivity contribution is -0.385. The van der Waals surface area contributed by atoms with Crippen LogP contribution < -0.4 is 15.8 Å². The molecule has 0 fully saturated rings. The second kappa shape index (κ2) is 6.23. The van der Waals surface area contributed by atoms with Crippen molar-refractivity contribution < 1.29 is 9.66 Å². The van der Waals surface area contributed by atoms with Crippen LogP contribution in [0, 0.1) is 10.1 Å². The van der Waals surface area contributed by atoms with Crippen LogP contribution in [0.5, 0.6) is 11.6 Å². The summed E-state index contributed by atoms with van der Waals surface area (Å²) >= 11 is 5.83. The molecule has 0 aliphatic rings. The number of hydrogen-bond acceptors (Lipinski definition) is 7. The number of nitro groups is 1. The van der Waals surface area contributed by atoms with E-state index in [-0.39, 0.29) is 23.3 Å². The maximum Gasteiger partial charge on any atom is 0.311 e. The van der Waals surface area contributed by atoms with Crippen LogP contribution in [0.3, 0.4) is 0 Å². The fraction of sp³-hybridized carbons (Fsp3) is 0.167. The normalized spacial score (nSPS) is 10.2. The van der Waals surface area contributed by atoms with Crippen molar-refractivity contribution in [2.45, 2.75) is 6.92 Å². The van der Waals surface area contributed by atoms with Crippen molar-refractivity contribution in [1.29, 1.82) is 0 Å². The number of nitrogens with one attached hydrogen (secondary N) is 1. The van der Waals surface area contributed by atoms with Gasteiger partial charge in [-0.2, -0.15) is 9.97 Å². The van der Waals surface area contributed by atoms with E-state index in [4.69, 9.17) is 22.1 Å². The van der Waals surface area contributed by atoms with E-state index in [0.717, 1.165) is 0 Å². The first-order valence-electron chi connectivity index (χ1n) is 6.00. The monoisotopic (exact) mass is 309 g/mol. The van der Waals surface area contributed by atoms with Crippen molar-refractivity contribution in [2.75, 3.05) is 17.6 Å². The molecule has 8 nitrogen and oxygen atoms in total. The van der Waals surface area contributed by atoms with Gasteiger partial charge in [0.25, 0.3) is 0 Å². The zero-order chi connectivity index (χ0) is 15.4. The van der Waals surface area contributed by atoms with Crippen molar-refractivity contribution in [3.63, 3.8) is 0 Å². The Balaban J connectivity index is 2.37. The van der Waals surface area contributed by atoms with Crippen LogP contribution in [0.1, 0.15) is 6.92 Å². The van der Waals surface area contributed by atoms with E-state index < -0.39 is 4.92 Å². The maximum absolute atomic E-state index is 11.0. The highest BCUT2D eigenvalue weighted by Crippen LogP contribution is 2.33. The Kier molecular flexibility index (Phi) is 4.39. The van der Waals surface area contributed by atoms with Crippen molar-refractivity contribution in [2.24, 2.45) is 0 Å². The topological polar surface area (TPSA) is 116 Å². The standard InChI is InChI=1S/C12H12ClN5O3/c1-2-15-10-6-11(17-12(14)16-10)21-9-5-7(13)3-4-8(9)18(19)20/h3-6H,2H2,1H3,(H3,14,15,16,17). The molecule has 0 aliphatic heterocycles. The summed E-state index contributed by atoms with van der Waals surface area (Å²) in [6.07, 6.45) is 0. The molecule has 0 spiro atoms. The second-order valence-electron chi connectivity index (χ2n) is 3.95. The minimum Gasteiger partial charge on any atom is -0.431 e. The summed E-state index contributed by atoms with van der Waals surface area (Å²) in [4.78, 5) is 18.2. The molecule has 9 heteroatoms. The Morgan fingerprint density at radius 1 is 1.43 bits per heavy atom. The van der Waals surface area contributed by atoms with Gasteiger partial charge in [0, 0.05) is 29.8 Å². The highest BCUT2D eigenvalue weighted by molar-refractivity contribution is 6.30. The zero-order valence-corrected chi connectivity index (χ0v) is 11.8.